The maximum Gasteiger partial charge on any atom is 0.251 e. The van der Waals surface area contributed by atoms with Crippen molar-refractivity contribution in [2.75, 3.05) is 25.2 Å². The highest BCUT2D eigenvalue weighted by atomic mass is 16.5. The van der Waals surface area contributed by atoms with Crippen molar-refractivity contribution in [3.8, 4) is 0 Å². The fourth-order valence-electron chi connectivity index (χ4n) is 1.60. The Morgan fingerprint density at radius 3 is 2.84 bits per heavy atom. The number of nitrogens with zero attached hydrogens (tertiary/aromatic N) is 1. The predicted octanol–water partition coefficient (Wildman–Crippen LogP) is 1.09. The lowest BCUT2D eigenvalue weighted by atomic mass is 10.2. The van der Waals surface area contributed by atoms with Crippen molar-refractivity contribution < 1.29 is 9.53 Å². The summed E-state index contributed by atoms with van der Waals surface area (Å²) < 4.78 is 5.21. The summed E-state index contributed by atoms with van der Waals surface area (Å²) in [6.07, 6.45) is 1.55. The normalized spacial score (nSPS) is 10.3. The van der Waals surface area contributed by atoms with Gasteiger partial charge in [-0.3, -0.25) is 4.79 Å². The second kappa shape index (κ2) is 8.44. The summed E-state index contributed by atoms with van der Waals surface area (Å²) >= 11 is 0. The van der Waals surface area contributed by atoms with E-state index in [0.717, 1.165) is 18.5 Å². The maximum atomic E-state index is 12.0. The molecule has 0 spiro atoms. The summed E-state index contributed by atoms with van der Waals surface area (Å²) in [6, 6.07) is 3.41. The van der Waals surface area contributed by atoms with Gasteiger partial charge in [0.2, 0.25) is 0 Å². The lowest BCUT2D eigenvalue weighted by Crippen LogP contribution is -2.26. The topological polar surface area (TPSA) is 89.3 Å². The summed E-state index contributed by atoms with van der Waals surface area (Å²) in [6.45, 7) is 5.87. The van der Waals surface area contributed by atoms with Crippen LogP contribution in [0.5, 0.6) is 0 Å². The number of nitrogens with one attached hydrogen (secondary N) is 2. The molecule has 6 heteroatoms. The molecule has 0 aliphatic carbocycles. The monoisotopic (exact) mass is 266 g/mol. The van der Waals surface area contributed by atoms with E-state index in [4.69, 9.17) is 10.6 Å². The highest BCUT2D eigenvalue weighted by Crippen LogP contribution is 2.10. The van der Waals surface area contributed by atoms with Crippen LogP contribution in [0.3, 0.4) is 0 Å². The molecule has 1 amide bonds. The quantitative estimate of drug-likeness (QED) is 0.372. The molecule has 0 aliphatic rings. The Bertz CT molecular complexity index is 387. The second-order valence-electron chi connectivity index (χ2n) is 4.04. The zero-order valence-corrected chi connectivity index (χ0v) is 11.5. The summed E-state index contributed by atoms with van der Waals surface area (Å²) in [5.41, 5.74) is 3.86. The van der Waals surface area contributed by atoms with E-state index in [9.17, 15) is 4.79 Å². The molecule has 0 radical (unpaired) electrons. The molecule has 0 saturated heterocycles. The number of hydrogen-bond acceptors (Lipinski definition) is 5. The second-order valence-corrected chi connectivity index (χ2v) is 4.04. The van der Waals surface area contributed by atoms with E-state index in [1.807, 2.05) is 13.8 Å². The van der Waals surface area contributed by atoms with Crippen molar-refractivity contribution in [3.05, 3.63) is 23.4 Å². The first-order chi connectivity index (χ1) is 9.21. The van der Waals surface area contributed by atoms with E-state index in [-0.39, 0.29) is 5.91 Å². The Morgan fingerprint density at radius 1 is 1.42 bits per heavy atom. The maximum absolute atomic E-state index is 12.0. The van der Waals surface area contributed by atoms with Gasteiger partial charge in [-0.15, -0.1) is 0 Å². The van der Waals surface area contributed by atoms with Gasteiger partial charge < -0.3 is 15.5 Å². The third kappa shape index (κ3) is 5.23. The fourth-order valence-corrected chi connectivity index (χ4v) is 1.60. The number of carbonyl (C=O) groups is 1. The first kappa shape index (κ1) is 15.4. The largest absolute Gasteiger partial charge is 0.382 e. The van der Waals surface area contributed by atoms with Crippen LogP contribution < -0.4 is 16.6 Å². The highest BCUT2D eigenvalue weighted by molar-refractivity contribution is 5.94. The van der Waals surface area contributed by atoms with Crippen LogP contribution in [0.15, 0.2) is 12.1 Å². The van der Waals surface area contributed by atoms with Crippen molar-refractivity contribution in [1.29, 1.82) is 0 Å². The van der Waals surface area contributed by atoms with Gasteiger partial charge in [-0.1, -0.05) is 6.92 Å². The standard InChI is InChI=1S/C13H22N4O2/c1-3-11-8-10(9-12(16-11)17-14)13(18)15-6-5-7-19-4-2/h8-9H,3-7,14H2,1-2H3,(H,15,18)(H,16,17). The molecule has 0 atom stereocenters. The minimum Gasteiger partial charge on any atom is -0.382 e. The van der Waals surface area contributed by atoms with Gasteiger partial charge in [0.25, 0.3) is 5.91 Å². The Kier molecular flexibility index (Phi) is 6.84. The average Bonchev–Trinajstić information content (AvgIpc) is 2.46. The Hall–Kier alpha value is -1.66. The van der Waals surface area contributed by atoms with Crippen LogP contribution in [0, 0.1) is 0 Å². The summed E-state index contributed by atoms with van der Waals surface area (Å²) in [4.78, 5) is 16.2. The van der Waals surface area contributed by atoms with Crippen molar-refractivity contribution in [3.63, 3.8) is 0 Å². The molecular formula is C13H22N4O2. The SMILES string of the molecule is CCOCCCNC(=O)c1cc(CC)nc(NN)c1. The summed E-state index contributed by atoms with van der Waals surface area (Å²) in [7, 11) is 0. The molecule has 0 bridgehead atoms. The number of pyridine rings is 1. The highest BCUT2D eigenvalue weighted by Gasteiger charge is 2.08. The van der Waals surface area contributed by atoms with E-state index in [1.54, 1.807) is 12.1 Å². The van der Waals surface area contributed by atoms with Crippen LogP contribution >= 0.6 is 0 Å². The Morgan fingerprint density at radius 2 is 2.21 bits per heavy atom. The molecule has 106 valence electrons. The van der Waals surface area contributed by atoms with Crippen LogP contribution in [0.4, 0.5) is 5.82 Å². The van der Waals surface area contributed by atoms with Crippen LogP contribution in [-0.2, 0) is 11.2 Å². The number of aromatic nitrogens is 1. The third-order valence-electron chi connectivity index (χ3n) is 2.61. The van der Waals surface area contributed by atoms with E-state index in [2.05, 4.69) is 15.7 Å². The lowest BCUT2D eigenvalue weighted by molar-refractivity contribution is 0.0944. The number of nitrogen functional groups attached to an aromatic ring is 1. The van der Waals surface area contributed by atoms with E-state index in [1.165, 1.54) is 0 Å². The third-order valence-corrected chi connectivity index (χ3v) is 2.61. The van der Waals surface area contributed by atoms with E-state index in [0.29, 0.717) is 31.1 Å². The summed E-state index contributed by atoms with van der Waals surface area (Å²) in [5.74, 6) is 5.72. The molecule has 0 saturated carbocycles. The fraction of sp³-hybridized carbons (Fsp3) is 0.538. The molecule has 1 heterocycles. The number of amides is 1. The molecule has 1 rings (SSSR count). The van der Waals surface area contributed by atoms with Gasteiger partial charge in [-0.2, -0.15) is 0 Å². The van der Waals surface area contributed by atoms with Gasteiger partial charge in [-0.05, 0) is 31.9 Å². The molecule has 0 unspecified atom stereocenters. The molecule has 0 aromatic carbocycles. The van der Waals surface area contributed by atoms with Gasteiger partial charge in [0.05, 0.1) is 0 Å². The van der Waals surface area contributed by atoms with Gasteiger partial charge in [0.15, 0.2) is 0 Å². The Labute approximate surface area is 113 Å². The molecule has 6 nitrogen and oxygen atoms in total. The van der Waals surface area contributed by atoms with Crippen molar-refractivity contribution >= 4 is 11.7 Å². The lowest BCUT2D eigenvalue weighted by Gasteiger charge is -2.08. The number of carbonyl (C=O) groups excluding carboxylic acids is 1. The van der Waals surface area contributed by atoms with Crippen LogP contribution in [0.1, 0.15) is 36.3 Å². The first-order valence-corrected chi connectivity index (χ1v) is 6.54. The summed E-state index contributed by atoms with van der Waals surface area (Å²) in [5, 5.41) is 2.85. The van der Waals surface area contributed by atoms with E-state index >= 15 is 0 Å². The molecule has 1 aromatic heterocycles. The van der Waals surface area contributed by atoms with Crippen molar-refractivity contribution in [2.45, 2.75) is 26.7 Å². The molecule has 19 heavy (non-hydrogen) atoms. The molecule has 0 aliphatic heterocycles. The van der Waals surface area contributed by atoms with Crippen LogP contribution in [0.2, 0.25) is 0 Å². The minimum atomic E-state index is -0.120. The number of aryl methyl sites for hydroxylation is 1. The smallest absolute Gasteiger partial charge is 0.251 e. The number of nitrogens with two attached hydrogens (primary N) is 1. The predicted molar refractivity (Wildman–Crippen MR) is 74.9 cm³/mol. The van der Waals surface area contributed by atoms with Crippen LogP contribution in [-0.4, -0.2) is 30.6 Å². The van der Waals surface area contributed by atoms with Gasteiger partial charge >= 0.3 is 0 Å². The van der Waals surface area contributed by atoms with Crippen molar-refractivity contribution in [1.82, 2.24) is 10.3 Å². The minimum absolute atomic E-state index is 0.120. The average molecular weight is 266 g/mol. The van der Waals surface area contributed by atoms with Crippen molar-refractivity contribution in [2.24, 2.45) is 5.84 Å². The number of rotatable bonds is 8. The number of hydrogen-bond donors (Lipinski definition) is 3. The molecule has 1 aromatic rings. The van der Waals surface area contributed by atoms with Gasteiger partial charge in [0, 0.05) is 31.0 Å². The zero-order valence-electron chi connectivity index (χ0n) is 11.5. The Balaban J connectivity index is 2.55. The van der Waals surface area contributed by atoms with E-state index < -0.39 is 0 Å². The molecule has 4 N–H and O–H groups in total. The van der Waals surface area contributed by atoms with Gasteiger partial charge in [-0.25, -0.2) is 10.8 Å². The number of ether oxygens (including phenoxy) is 1. The zero-order chi connectivity index (χ0) is 14.1. The number of hydrazine groups is 1. The number of anilines is 1. The van der Waals surface area contributed by atoms with Crippen LogP contribution in [0.25, 0.3) is 0 Å². The van der Waals surface area contributed by atoms with Gasteiger partial charge in [0.1, 0.15) is 5.82 Å². The first-order valence-electron chi connectivity index (χ1n) is 6.54. The molecular weight excluding hydrogens is 244 g/mol. The molecule has 0 fully saturated rings.